The zero-order valence-electron chi connectivity index (χ0n) is 17.1. The van der Waals surface area contributed by atoms with Gasteiger partial charge in [0, 0.05) is 19.2 Å². The lowest BCUT2D eigenvalue weighted by Gasteiger charge is -2.33. The minimum absolute atomic E-state index is 0.0131. The van der Waals surface area contributed by atoms with Gasteiger partial charge in [0.15, 0.2) is 0 Å². The van der Waals surface area contributed by atoms with E-state index in [1.165, 1.54) is 4.68 Å². The van der Waals surface area contributed by atoms with Crippen LogP contribution in [0, 0.1) is 12.8 Å². The molecule has 2 aromatic heterocycles. The maximum Gasteiger partial charge on any atom is 0.269 e. The largest absolute Gasteiger partial charge is 0.465 e. The second kappa shape index (κ2) is 8.98. The zero-order chi connectivity index (χ0) is 20.9. The number of amides is 1. The number of piperidine rings is 1. The third-order valence-corrected chi connectivity index (χ3v) is 5.42. The van der Waals surface area contributed by atoms with E-state index in [9.17, 15) is 9.59 Å². The minimum atomic E-state index is -0.142. The van der Waals surface area contributed by atoms with Crippen LogP contribution in [0.4, 0.5) is 5.69 Å². The molecule has 156 valence electrons. The molecule has 1 N–H and O–H groups in total. The predicted octanol–water partition coefficient (Wildman–Crippen LogP) is 2.73. The number of hydrogen-bond acceptors (Lipinski definition) is 5. The van der Waals surface area contributed by atoms with Gasteiger partial charge in [-0.15, -0.1) is 0 Å². The number of carbonyl (C=O) groups excluding carboxylic acids is 1. The molecule has 1 aliphatic heterocycles. The molecule has 7 nitrogen and oxygen atoms in total. The Morgan fingerprint density at radius 1 is 1.23 bits per heavy atom. The van der Waals surface area contributed by atoms with Crippen LogP contribution in [0.2, 0.25) is 0 Å². The van der Waals surface area contributed by atoms with E-state index in [-0.39, 0.29) is 17.4 Å². The molecule has 1 saturated heterocycles. The molecule has 7 heteroatoms. The summed E-state index contributed by atoms with van der Waals surface area (Å²) in [6, 6.07) is 15.2. The Hall–Kier alpha value is -3.35. The molecule has 30 heavy (non-hydrogen) atoms. The van der Waals surface area contributed by atoms with Gasteiger partial charge in [-0.1, -0.05) is 30.3 Å². The summed E-state index contributed by atoms with van der Waals surface area (Å²) >= 11 is 0. The molecule has 1 aliphatic rings. The van der Waals surface area contributed by atoms with Gasteiger partial charge in [-0.25, -0.2) is 4.68 Å². The van der Waals surface area contributed by atoms with Crippen molar-refractivity contribution in [3.05, 3.63) is 82.2 Å². The first-order chi connectivity index (χ1) is 14.6. The average Bonchev–Trinajstić information content (AvgIpc) is 3.19. The quantitative estimate of drug-likeness (QED) is 0.681. The van der Waals surface area contributed by atoms with Crippen LogP contribution >= 0.6 is 0 Å². The van der Waals surface area contributed by atoms with Crippen molar-refractivity contribution >= 4 is 11.6 Å². The first kappa shape index (κ1) is 19.9. The van der Waals surface area contributed by atoms with Gasteiger partial charge in [0.25, 0.3) is 5.56 Å². The van der Waals surface area contributed by atoms with E-state index in [2.05, 4.69) is 15.3 Å². The first-order valence-corrected chi connectivity index (χ1v) is 10.3. The maximum absolute atomic E-state index is 12.6. The molecular weight excluding hydrogens is 380 g/mol. The molecule has 0 aliphatic carbocycles. The number of nitrogens with zero attached hydrogens (tertiary/aromatic N) is 3. The molecule has 1 atom stereocenters. The number of furan rings is 1. The Morgan fingerprint density at radius 2 is 2.07 bits per heavy atom. The highest BCUT2D eigenvalue weighted by atomic mass is 16.3. The van der Waals surface area contributed by atoms with Gasteiger partial charge >= 0.3 is 0 Å². The summed E-state index contributed by atoms with van der Waals surface area (Å²) in [6.45, 7) is 4.10. The predicted molar refractivity (Wildman–Crippen MR) is 114 cm³/mol. The zero-order valence-corrected chi connectivity index (χ0v) is 17.1. The second-order valence-electron chi connectivity index (χ2n) is 7.71. The van der Waals surface area contributed by atoms with Crippen molar-refractivity contribution in [2.45, 2.75) is 32.9 Å². The van der Waals surface area contributed by atoms with Crippen LogP contribution in [0.5, 0.6) is 0 Å². The van der Waals surface area contributed by atoms with E-state index in [1.807, 2.05) is 49.4 Å². The number of nitrogens with one attached hydrogen (secondary N) is 1. The third kappa shape index (κ3) is 4.79. The fraction of sp³-hybridized carbons (Fsp3) is 0.348. The molecule has 1 amide bonds. The lowest BCUT2D eigenvalue weighted by atomic mass is 9.97. The number of rotatable bonds is 6. The smallest absolute Gasteiger partial charge is 0.269 e. The first-order valence-electron chi connectivity index (χ1n) is 10.3. The van der Waals surface area contributed by atoms with Gasteiger partial charge in [-0.3, -0.25) is 9.59 Å². The number of carbonyl (C=O) groups is 1. The van der Waals surface area contributed by atoms with Gasteiger partial charge in [0.2, 0.25) is 5.91 Å². The molecule has 4 rings (SSSR count). The molecule has 1 fully saturated rings. The summed E-state index contributed by atoms with van der Waals surface area (Å²) in [5.74, 6) is 1.47. The molecular formula is C23H26N4O3. The summed E-state index contributed by atoms with van der Waals surface area (Å²) in [7, 11) is 0. The summed E-state index contributed by atoms with van der Waals surface area (Å²) < 4.78 is 6.96. The maximum atomic E-state index is 12.6. The standard InChI is InChI=1S/C23H26N4O3/c1-17-9-10-21(30-17)14-24-23(29)19-8-5-11-26(16-19)20-12-22(28)27(25-13-20)15-18-6-3-2-4-7-18/h2-4,6-7,9-10,12-13,19H,5,8,11,14-16H2,1H3,(H,24,29)/t19-/m1/s1. The van der Waals surface area contributed by atoms with Crippen LogP contribution in [0.1, 0.15) is 29.9 Å². The van der Waals surface area contributed by atoms with E-state index < -0.39 is 0 Å². The highest BCUT2D eigenvalue weighted by Crippen LogP contribution is 2.22. The van der Waals surface area contributed by atoms with Gasteiger partial charge < -0.3 is 14.6 Å². The van der Waals surface area contributed by atoms with Crippen molar-refractivity contribution in [2.24, 2.45) is 5.92 Å². The Morgan fingerprint density at radius 3 is 2.80 bits per heavy atom. The van der Waals surface area contributed by atoms with E-state index in [1.54, 1.807) is 12.3 Å². The average molecular weight is 406 g/mol. The molecule has 0 radical (unpaired) electrons. The van der Waals surface area contributed by atoms with Crippen molar-refractivity contribution in [1.29, 1.82) is 0 Å². The van der Waals surface area contributed by atoms with Crippen molar-refractivity contribution in [1.82, 2.24) is 15.1 Å². The molecule has 3 aromatic rings. The van der Waals surface area contributed by atoms with E-state index >= 15 is 0 Å². The van der Waals surface area contributed by atoms with E-state index in [4.69, 9.17) is 4.42 Å². The van der Waals surface area contributed by atoms with Crippen LogP contribution in [-0.2, 0) is 17.9 Å². The van der Waals surface area contributed by atoms with Crippen LogP contribution < -0.4 is 15.8 Å². The van der Waals surface area contributed by atoms with Crippen molar-refractivity contribution < 1.29 is 9.21 Å². The van der Waals surface area contributed by atoms with Gasteiger partial charge in [-0.2, -0.15) is 5.10 Å². The number of hydrogen-bond donors (Lipinski definition) is 1. The minimum Gasteiger partial charge on any atom is -0.465 e. The van der Waals surface area contributed by atoms with Crippen LogP contribution in [0.25, 0.3) is 0 Å². The number of aromatic nitrogens is 2. The summed E-state index contributed by atoms with van der Waals surface area (Å²) in [6.07, 6.45) is 3.44. The lowest BCUT2D eigenvalue weighted by Crippen LogP contribution is -2.43. The van der Waals surface area contributed by atoms with E-state index in [0.717, 1.165) is 42.2 Å². The van der Waals surface area contributed by atoms with Crippen molar-refractivity contribution in [3.63, 3.8) is 0 Å². The van der Waals surface area contributed by atoms with Gasteiger partial charge in [0.05, 0.1) is 30.9 Å². The Labute approximate surface area is 175 Å². The van der Waals surface area contributed by atoms with E-state index in [0.29, 0.717) is 19.6 Å². The molecule has 0 spiro atoms. The Kier molecular flexibility index (Phi) is 5.97. The SMILES string of the molecule is Cc1ccc(CNC(=O)[C@@H]2CCCN(c3cnn(Cc4ccccc4)c(=O)c3)C2)o1. The monoisotopic (exact) mass is 406 g/mol. The lowest BCUT2D eigenvalue weighted by molar-refractivity contribution is -0.125. The fourth-order valence-electron chi connectivity index (χ4n) is 3.80. The number of benzene rings is 1. The normalized spacial score (nSPS) is 16.4. The molecule has 0 saturated carbocycles. The van der Waals surface area contributed by atoms with Gasteiger partial charge in [0.1, 0.15) is 11.5 Å². The summed E-state index contributed by atoms with van der Waals surface area (Å²) in [4.78, 5) is 27.2. The molecule has 1 aromatic carbocycles. The highest BCUT2D eigenvalue weighted by molar-refractivity contribution is 5.79. The molecule has 3 heterocycles. The van der Waals surface area contributed by atoms with Gasteiger partial charge in [-0.05, 0) is 37.5 Å². The third-order valence-electron chi connectivity index (χ3n) is 5.42. The topological polar surface area (TPSA) is 80.4 Å². The number of aryl methyl sites for hydroxylation is 1. The number of anilines is 1. The van der Waals surface area contributed by atoms with Crippen LogP contribution in [0.15, 0.2) is 63.9 Å². The van der Waals surface area contributed by atoms with Crippen molar-refractivity contribution in [2.75, 3.05) is 18.0 Å². The Balaban J connectivity index is 1.38. The van der Waals surface area contributed by atoms with Crippen molar-refractivity contribution in [3.8, 4) is 0 Å². The summed E-state index contributed by atoms with van der Waals surface area (Å²) in [5.41, 5.74) is 1.65. The van der Waals surface area contributed by atoms with Crippen LogP contribution in [-0.4, -0.2) is 28.8 Å². The molecule has 0 bridgehead atoms. The summed E-state index contributed by atoms with van der Waals surface area (Å²) in [5, 5.41) is 7.31. The highest BCUT2D eigenvalue weighted by Gasteiger charge is 2.26. The van der Waals surface area contributed by atoms with Crippen LogP contribution in [0.3, 0.4) is 0 Å². The second-order valence-corrected chi connectivity index (χ2v) is 7.71. The Bertz CT molecular complexity index is 1060. The fourth-order valence-corrected chi connectivity index (χ4v) is 3.80. The molecule has 0 unspecified atom stereocenters.